The Hall–Kier alpha value is -0.150. The Labute approximate surface area is 96.7 Å². The molecule has 0 N–H and O–H groups in total. The van der Waals surface area contributed by atoms with Crippen LogP contribution >= 0.6 is 34.8 Å². The summed E-state index contributed by atoms with van der Waals surface area (Å²) in [6, 6.07) is 9.26. The number of benzene rings is 1. The largest absolute Gasteiger partial charge is 0.462 e. The summed E-state index contributed by atoms with van der Waals surface area (Å²) in [5.41, 5.74) is 0. The number of rotatable bonds is 2. The average Bonchev–Trinajstić information content (AvgIpc) is 2.85. The molecule has 2 atom stereocenters. The molecule has 0 radical (unpaired) electrons. The average molecular weight is 254 g/mol. The van der Waals surface area contributed by atoms with Gasteiger partial charge >= 0.3 is 0 Å². The molecule has 76 valence electrons. The maximum Gasteiger partial charge on any atom is 0.231 e. The highest BCUT2D eigenvalue weighted by atomic mass is 35.6. The van der Waals surface area contributed by atoms with Crippen LogP contribution in [0, 0.1) is 0 Å². The summed E-state index contributed by atoms with van der Waals surface area (Å²) in [6.07, 6.45) is -0.933. The first-order chi connectivity index (χ1) is 6.57. The molecule has 1 aromatic rings. The molecule has 2 nitrogen and oxygen atoms in total. The zero-order valence-corrected chi connectivity index (χ0v) is 9.26. The Bertz CT molecular complexity index is 310. The molecular weight excluding hydrogens is 246 g/mol. The third-order valence-corrected chi connectivity index (χ3v) is 2.41. The molecule has 2 unspecified atom stereocenters. The van der Waals surface area contributed by atoms with E-state index in [9.17, 15) is 0 Å². The summed E-state index contributed by atoms with van der Waals surface area (Å²) in [7, 11) is 0. The van der Waals surface area contributed by atoms with Gasteiger partial charge in [0.25, 0.3) is 0 Å². The molecule has 0 aliphatic carbocycles. The summed E-state index contributed by atoms with van der Waals surface area (Å²) in [4.78, 5) is 0. The number of epoxide rings is 1. The van der Waals surface area contributed by atoms with Gasteiger partial charge in [0.1, 0.15) is 5.75 Å². The third-order valence-electron chi connectivity index (χ3n) is 1.77. The number of alkyl halides is 3. The summed E-state index contributed by atoms with van der Waals surface area (Å²) >= 11 is 16.9. The molecule has 0 saturated carbocycles. The number of halogens is 3. The van der Waals surface area contributed by atoms with E-state index < -0.39 is 16.2 Å². The van der Waals surface area contributed by atoms with E-state index in [1.54, 1.807) is 0 Å². The number of ether oxygens (including phenoxy) is 2. The molecule has 0 aromatic heterocycles. The van der Waals surface area contributed by atoms with Crippen LogP contribution in [0.25, 0.3) is 0 Å². The molecular formula is C9H7Cl3O2. The van der Waals surface area contributed by atoms with E-state index in [-0.39, 0.29) is 0 Å². The highest BCUT2D eigenvalue weighted by molar-refractivity contribution is 6.68. The molecule has 1 aliphatic rings. The second-order valence-electron chi connectivity index (χ2n) is 2.90. The molecule has 14 heavy (non-hydrogen) atoms. The van der Waals surface area contributed by atoms with Gasteiger partial charge in [-0.3, -0.25) is 0 Å². The Balaban J connectivity index is 1.91. The molecule has 0 amide bonds. The van der Waals surface area contributed by atoms with Crippen molar-refractivity contribution >= 4 is 34.8 Å². The molecule has 0 bridgehead atoms. The van der Waals surface area contributed by atoms with Crippen molar-refractivity contribution in [1.29, 1.82) is 0 Å². The van der Waals surface area contributed by atoms with E-state index in [1.807, 2.05) is 30.3 Å². The normalized spacial score (nSPS) is 25.9. The van der Waals surface area contributed by atoms with Crippen molar-refractivity contribution in [2.75, 3.05) is 0 Å². The maximum absolute atomic E-state index is 5.62. The topological polar surface area (TPSA) is 21.8 Å². The second-order valence-corrected chi connectivity index (χ2v) is 5.27. The zero-order chi connectivity index (χ0) is 10.2. The van der Waals surface area contributed by atoms with Gasteiger partial charge in [0.2, 0.25) is 10.1 Å². The van der Waals surface area contributed by atoms with Crippen molar-refractivity contribution in [2.45, 2.75) is 16.2 Å². The monoisotopic (exact) mass is 252 g/mol. The van der Waals surface area contributed by atoms with Crippen LogP contribution in [0.3, 0.4) is 0 Å². The molecule has 1 saturated heterocycles. The predicted molar refractivity (Wildman–Crippen MR) is 56.0 cm³/mol. The first kappa shape index (κ1) is 10.4. The van der Waals surface area contributed by atoms with Crippen LogP contribution in [0.15, 0.2) is 30.3 Å². The van der Waals surface area contributed by atoms with Crippen LogP contribution < -0.4 is 4.74 Å². The SMILES string of the molecule is ClC(Cl)(Cl)C1OC1Oc1ccccc1. The first-order valence-electron chi connectivity index (χ1n) is 4.01. The minimum absolute atomic E-state index is 0.454. The summed E-state index contributed by atoms with van der Waals surface area (Å²) < 4.78 is 9.04. The Morgan fingerprint density at radius 2 is 1.79 bits per heavy atom. The highest BCUT2D eigenvalue weighted by Crippen LogP contribution is 2.43. The summed E-state index contributed by atoms with van der Waals surface area (Å²) in [6.45, 7) is 0. The van der Waals surface area contributed by atoms with E-state index in [1.165, 1.54) is 0 Å². The minimum Gasteiger partial charge on any atom is -0.462 e. The van der Waals surface area contributed by atoms with Gasteiger partial charge in [-0.25, -0.2) is 0 Å². The lowest BCUT2D eigenvalue weighted by atomic mass is 10.3. The Morgan fingerprint density at radius 1 is 1.14 bits per heavy atom. The Morgan fingerprint density at radius 3 is 2.29 bits per heavy atom. The lowest BCUT2D eigenvalue weighted by Gasteiger charge is -2.06. The van der Waals surface area contributed by atoms with Gasteiger partial charge in [-0.2, -0.15) is 0 Å². The molecule has 1 aliphatic heterocycles. The third kappa shape index (κ3) is 2.45. The van der Waals surface area contributed by atoms with Gasteiger partial charge in [0.15, 0.2) is 6.10 Å². The van der Waals surface area contributed by atoms with Crippen LogP contribution in [0.1, 0.15) is 0 Å². The van der Waals surface area contributed by atoms with Gasteiger partial charge in [0.05, 0.1) is 0 Å². The summed E-state index contributed by atoms with van der Waals surface area (Å²) in [5.74, 6) is 0.703. The van der Waals surface area contributed by atoms with Crippen molar-refractivity contribution < 1.29 is 9.47 Å². The van der Waals surface area contributed by atoms with E-state index >= 15 is 0 Å². The number of para-hydroxylation sites is 1. The van der Waals surface area contributed by atoms with Crippen LogP contribution in [0.4, 0.5) is 0 Å². The van der Waals surface area contributed by atoms with Crippen molar-refractivity contribution in [3.8, 4) is 5.75 Å². The van der Waals surface area contributed by atoms with Crippen LogP contribution in [-0.4, -0.2) is 16.2 Å². The van der Waals surface area contributed by atoms with Gasteiger partial charge in [0, 0.05) is 0 Å². The van der Waals surface area contributed by atoms with Gasteiger partial charge in [-0.1, -0.05) is 53.0 Å². The fourth-order valence-corrected chi connectivity index (χ4v) is 1.52. The smallest absolute Gasteiger partial charge is 0.231 e. The minimum atomic E-state index is -1.42. The van der Waals surface area contributed by atoms with Crippen LogP contribution in [0.2, 0.25) is 0 Å². The molecule has 1 fully saturated rings. The van der Waals surface area contributed by atoms with E-state index in [0.29, 0.717) is 5.75 Å². The molecule has 1 aromatic carbocycles. The molecule has 0 spiro atoms. The van der Waals surface area contributed by atoms with Crippen molar-refractivity contribution in [2.24, 2.45) is 0 Å². The van der Waals surface area contributed by atoms with Gasteiger partial charge in [-0.15, -0.1) is 0 Å². The quantitative estimate of drug-likeness (QED) is 0.596. The standard InChI is InChI=1S/C9H7Cl3O2/c10-9(11,12)7-8(14-7)13-6-4-2-1-3-5-6/h1-5,7-8H. The van der Waals surface area contributed by atoms with E-state index in [0.717, 1.165) is 0 Å². The first-order valence-corrected chi connectivity index (χ1v) is 5.14. The van der Waals surface area contributed by atoms with Crippen molar-refractivity contribution in [3.63, 3.8) is 0 Å². The highest BCUT2D eigenvalue weighted by Gasteiger charge is 2.55. The van der Waals surface area contributed by atoms with Gasteiger partial charge in [-0.05, 0) is 12.1 Å². The fourth-order valence-electron chi connectivity index (χ4n) is 1.05. The van der Waals surface area contributed by atoms with Crippen molar-refractivity contribution in [1.82, 2.24) is 0 Å². The van der Waals surface area contributed by atoms with E-state index in [4.69, 9.17) is 44.3 Å². The van der Waals surface area contributed by atoms with Crippen LogP contribution in [-0.2, 0) is 4.74 Å². The second kappa shape index (κ2) is 3.78. The Kier molecular flexibility index (Phi) is 2.80. The molecule has 2 rings (SSSR count). The lowest BCUT2D eigenvalue weighted by molar-refractivity contribution is 0.178. The lowest BCUT2D eigenvalue weighted by Crippen LogP contribution is -2.17. The predicted octanol–water partition coefficient (Wildman–Crippen LogP) is 3.16. The van der Waals surface area contributed by atoms with E-state index in [2.05, 4.69) is 0 Å². The van der Waals surface area contributed by atoms with Gasteiger partial charge < -0.3 is 9.47 Å². The zero-order valence-electron chi connectivity index (χ0n) is 6.99. The number of hydrogen-bond donors (Lipinski definition) is 0. The fraction of sp³-hybridized carbons (Fsp3) is 0.333. The van der Waals surface area contributed by atoms with Crippen molar-refractivity contribution in [3.05, 3.63) is 30.3 Å². The maximum atomic E-state index is 5.62. The van der Waals surface area contributed by atoms with Crippen LogP contribution in [0.5, 0.6) is 5.75 Å². The number of hydrogen-bond acceptors (Lipinski definition) is 2. The molecule has 5 heteroatoms. The summed E-state index contributed by atoms with van der Waals surface area (Å²) in [5, 5.41) is 0. The molecule has 1 heterocycles.